The Balaban J connectivity index is 3.01. The molecular weight excluding hydrogens is 248 g/mol. The lowest BCUT2D eigenvalue weighted by Crippen LogP contribution is -2.37. The Bertz CT molecular complexity index is 488. The van der Waals surface area contributed by atoms with E-state index in [2.05, 4.69) is 15.0 Å². The van der Waals surface area contributed by atoms with Gasteiger partial charge in [-0.15, -0.1) is 0 Å². The van der Waals surface area contributed by atoms with E-state index in [-0.39, 0.29) is 17.3 Å². The Morgan fingerprint density at radius 1 is 1.47 bits per heavy atom. The van der Waals surface area contributed by atoms with Crippen LogP contribution in [0.25, 0.3) is 0 Å². The summed E-state index contributed by atoms with van der Waals surface area (Å²) in [6, 6.07) is 0.933. The van der Waals surface area contributed by atoms with Crippen LogP contribution in [0.4, 0.5) is 11.5 Å². The summed E-state index contributed by atoms with van der Waals surface area (Å²) in [5, 5.41) is 2.88. The molecule has 0 radical (unpaired) electrons. The number of carbonyl (C=O) groups excluding carboxylic acids is 2. The van der Waals surface area contributed by atoms with Gasteiger partial charge in [0.1, 0.15) is 17.4 Å². The zero-order valence-corrected chi connectivity index (χ0v) is 11.4. The minimum atomic E-state index is -0.563. The lowest BCUT2D eigenvalue weighted by Gasteiger charge is -2.19. The van der Waals surface area contributed by atoms with Crippen molar-refractivity contribution in [3.8, 4) is 0 Å². The van der Waals surface area contributed by atoms with E-state index in [0.717, 1.165) is 0 Å². The van der Waals surface area contributed by atoms with Gasteiger partial charge in [-0.05, 0) is 13.0 Å². The molecule has 19 heavy (non-hydrogen) atoms. The van der Waals surface area contributed by atoms with Gasteiger partial charge in [-0.25, -0.2) is 9.78 Å². The smallest absolute Gasteiger partial charge is 0.341 e. The number of ether oxygens (including phenoxy) is 1. The van der Waals surface area contributed by atoms with Gasteiger partial charge in [0.05, 0.1) is 19.0 Å². The van der Waals surface area contributed by atoms with Gasteiger partial charge in [0.15, 0.2) is 0 Å². The molecule has 0 fully saturated rings. The second-order valence-corrected chi connectivity index (χ2v) is 4.26. The molecule has 1 amide bonds. The van der Waals surface area contributed by atoms with Gasteiger partial charge < -0.3 is 20.7 Å². The molecule has 0 aliphatic rings. The quantitative estimate of drug-likeness (QED) is 0.763. The fourth-order valence-electron chi connectivity index (χ4n) is 1.52. The number of hydrogen-bond donors (Lipinski definition) is 2. The Morgan fingerprint density at radius 2 is 2.11 bits per heavy atom. The number of pyridine rings is 1. The summed E-state index contributed by atoms with van der Waals surface area (Å²) in [5.74, 6) is -0.426. The van der Waals surface area contributed by atoms with E-state index in [1.165, 1.54) is 24.3 Å². The van der Waals surface area contributed by atoms with Crippen LogP contribution in [-0.4, -0.2) is 49.0 Å². The standard InChI is InChI=1S/C12H18N4O3/c1-7(11(17)16(2)3)15-10-9(12(18)19-4)5-8(13)6-14-10/h5-7H,13H2,1-4H3,(H,14,15). The van der Waals surface area contributed by atoms with Crippen LogP contribution in [0.15, 0.2) is 12.3 Å². The van der Waals surface area contributed by atoms with Gasteiger partial charge in [0, 0.05) is 14.1 Å². The van der Waals surface area contributed by atoms with Crippen molar-refractivity contribution < 1.29 is 14.3 Å². The molecule has 1 aromatic rings. The van der Waals surface area contributed by atoms with E-state index in [4.69, 9.17) is 5.73 Å². The number of methoxy groups -OCH3 is 1. The number of anilines is 2. The van der Waals surface area contributed by atoms with Crippen LogP contribution >= 0.6 is 0 Å². The average Bonchev–Trinajstić information content (AvgIpc) is 2.38. The van der Waals surface area contributed by atoms with Gasteiger partial charge in [0.25, 0.3) is 0 Å². The first kappa shape index (κ1) is 14.7. The number of amides is 1. The largest absolute Gasteiger partial charge is 0.465 e. The predicted octanol–water partition coefficient (Wildman–Crippen LogP) is 0.339. The van der Waals surface area contributed by atoms with Crippen LogP contribution in [0, 0.1) is 0 Å². The van der Waals surface area contributed by atoms with E-state index >= 15 is 0 Å². The molecule has 0 saturated carbocycles. The monoisotopic (exact) mass is 266 g/mol. The normalized spacial score (nSPS) is 11.6. The summed E-state index contributed by atoms with van der Waals surface area (Å²) in [5.41, 5.74) is 6.13. The molecule has 0 aliphatic carbocycles. The SMILES string of the molecule is COC(=O)c1cc(N)cnc1NC(C)C(=O)N(C)C. The molecule has 0 saturated heterocycles. The Kier molecular flexibility index (Phi) is 4.68. The molecule has 1 atom stereocenters. The van der Waals surface area contributed by atoms with Crippen molar-refractivity contribution in [1.29, 1.82) is 0 Å². The molecule has 104 valence electrons. The third kappa shape index (κ3) is 3.57. The third-order valence-corrected chi connectivity index (χ3v) is 2.48. The Labute approximate surface area is 111 Å². The van der Waals surface area contributed by atoms with E-state index in [0.29, 0.717) is 5.69 Å². The maximum Gasteiger partial charge on any atom is 0.341 e. The minimum Gasteiger partial charge on any atom is -0.465 e. The van der Waals surface area contributed by atoms with Crippen LogP contribution in [0.5, 0.6) is 0 Å². The lowest BCUT2D eigenvalue weighted by molar-refractivity contribution is -0.129. The van der Waals surface area contributed by atoms with Crippen molar-refractivity contribution in [3.05, 3.63) is 17.8 Å². The Hall–Kier alpha value is -2.31. The number of carbonyl (C=O) groups is 2. The highest BCUT2D eigenvalue weighted by Crippen LogP contribution is 2.17. The van der Waals surface area contributed by atoms with Crippen molar-refractivity contribution >= 4 is 23.4 Å². The number of rotatable bonds is 4. The van der Waals surface area contributed by atoms with Crippen LogP contribution in [0.2, 0.25) is 0 Å². The van der Waals surface area contributed by atoms with Crippen molar-refractivity contribution in [2.24, 2.45) is 0 Å². The van der Waals surface area contributed by atoms with Gasteiger partial charge in [-0.1, -0.05) is 0 Å². The topological polar surface area (TPSA) is 97.5 Å². The van der Waals surface area contributed by atoms with Gasteiger partial charge in [-0.3, -0.25) is 4.79 Å². The van der Waals surface area contributed by atoms with E-state index in [1.54, 1.807) is 21.0 Å². The van der Waals surface area contributed by atoms with Gasteiger partial charge >= 0.3 is 5.97 Å². The summed E-state index contributed by atoms with van der Waals surface area (Å²) >= 11 is 0. The highest BCUT2D eigenvalue weighted by Gasteiger charge is 2.19. The zero-order valence-electron chi connectivity index (χ0n) is 11.4. The van der Waals surface area contributed by atoms with Crippen LogP contribution in [0.1, 0.15) is 17.3 Å². The molecule has 0 aliphatic heterocycles. The first-order chi connectivity index (χ1) is 8.86. The third-order valence-electron chi connectivity index (χ3n) is 2.48. The first-order valence-electron chi connectivity index (χ1n) is 5.68. The fourth-order valence-corrected chi connectivity index (χ4v) is 1.52. The fraction of sp³-hybridized carbons (Fsp3) is 0.417. The lowest BCUT2D eigenvalue weighted by atomic mass is 10.2. The number of nitrogens with one attached hydrogen (secondary N) is 1. The molecule has 0 aromatic carbocycles. The molecule has 7 nitrogen and oxygen atoms in total. The zero-order chi connectivity index (χ0) is 14.6. The number of nitrogen functional groups attached to an aromatic ring is 1. The van der Waals surface area contributed by atoms with Crippen molar-refractivity contribution in [2.75, 3.05) is 32.3 Å². The van der Waals surface area contributed by atoms with E-state index in [1.807, 2.05) is 0 Å². The summed E-state index contributed by atoms with van der Waals surface area (Å²) in [6.07, 6.45) is 1.40. The molecule has 1 unspecified atom stereocenters. The number of likely N-dealkylation sites (N-methyl/N-ethyl adjacent to an activating group) is 1. The van der Waals surface area contributed by atoms with Crippen LogP contribution < -0.4 is 11.1 Å². The van der Waals surface area contributed by atoms with Crippen LogP contribution in [-0.2, 0) is 9.53 Å². The molecular formula is C12H18N4O3. The molecule has 1 rings (SSSR count). The summed E-state index contributed by atoms with van der Waals surface area (Å²) in [6.45, 7) is 1.68. The average molecular weight is 266 g/mol. The molecule has 0 spiro atoms. The van der Waals surface area contributed by atoms with Crippen LogP contribution in [0.3, 0.4) is 0 Å². The van der Waals surface area contributed by atoms with Crippen molar-refractivity contribution in [1.82, 2.24) is 9.88 Å². The van der Waals surface area contributed by atoms with E-state index < -0.39 is 12.0 Å². The molecule has 7 heteroatoms. The molecule has 1 heterocycles. The number of esters is 1. The highest BCUT2D eigenvalue weighted by atomic mass is 16.5. The second kappa shape index (κ2) is 6.03. The number of aromatic nitrogens is 1. The molecule has 0 bridgehead atoms. The molecule has 1 aromatic heterocycles. The summed E-state index contributed by atoms with van der Waals surface area (Å²) < 4.78 is 4.65. The van der Waals surface area contributed by atoms with Gasteiger partial charge in [0.2, 0.25) is 5.91 Å². The summed E-state index contributed by atoms with van der Waals surface area (Å²) in [4.78, 5) is 28.9. The highest BCUT2D eigenvalue weighted by molar-refractivity contribution is 5.96. The maximum absolute atomic E-state index is 11.8. The second-order valence-electron chi connectivity index (χ2n) is 4.26. The predicted molar refractivity (Wildman–Crippen MR) is 71.8 cm³/mol. The number of hydrogen-bond acceptors (Lipinski definition) is 6. The maximum atomic E-state index is 11.8. The van der Waals surface area contributed by atoms with Crippen molar-refractivity contribution in [2.45, 2.75) is 13.0 Å². The number of nitrogens with two attached hydrogens (primary N) is 1. The van der Waals surface area contributed by atoms with Gasteiger partial charge in [-0.2, -0.15) is 0 Å². The van der Waals surface area contributed by atoms with Crippen molar-refractivity contribution in [3.63, 3.8) is 0 Å². The number of nitrogens with zero attached hydrogens (tertiary/aromatic N) is 2. The summed E-state index contributed by atoms with van der Waals surface area (Å²) in [7, 11) is 4.57. The van der Waals surface area contributed by atoms with E-state index in [9.17, 15) is 9.59 Å². The first-order valence-corrected chi connectivity index (χ1v) is 5.68. The molecule has 3 N–H and O–H groups in total. The minimum absolute atomic E-state index is 0.130. The Morgan fingerprint density at radius 3 is 2.63 bits per heavy atom.